The second-order valence-corrected chi connectivity index (χ2v) is 8.03. The molecular formula is C14H21N5O4S. The van der Waals surface area contributed by atoms with Gasteiger partial charge in [0.05, 0.1) is 11.4 Å². The molecular weight excluding hydrogens is 334 g/mol. The van der Waals surface area contributed by atoms with Gasteiger partial charge in [-0.05, 0) is 20.3 Å². The Labute approximate surface area is 140 Å². The van der Waals surface area contributed by atoms with Crippen molar-refractivity contribution in [3.05, 3.63) is 11.4 Å². The molecule has 1 unspecified atom stereocenters. The lowest BCUT2D eigenvalue weighted by Crippen LogP contribution is -2.54. The molecule has 2 aliphatic heterocycles. The molecule has 132 valence electrons. The van der Waals surface area contributed by atoms with E-state index >= 15 is 0 Å². The molecule has 9 nitrogen and oxygen atoms in total. The predicted octanol–water partition coefficient (Wildman–Crippen LogP) is -0.862. The van der Waals surface area contributed by atoms with Gasteiger partial charge in [0.2, 0.25) is 21.8 Å². The minimum absolute atomic E-state index is 0.111. The Hall–Kier alpha value is -1.94. The van der Waals surface area contributed by atoms with Crippen LogP contribution in [-0.4, -0.2) is 71.9 Å². The van der Waals surface area contributed by atoms with Crippen molar-refractivity contribution in [3.8, 4) is 0 Å². The van der Waals surface area contributed by atoms with Crippen molar-refractivity contribution in [1.29, 1.82) is 0 Å². The Balaban J connectivity index is 1.67. The van der Waals surface area contributed by atoms with Crippen LogP contribution >= 0.6 is 0 Å². The summed E-state index contributed by atoms with van der Waals surface area (Å²) in [6.45, 7) is 4.44. The Kier molecular flexibility index (Phi) is 4.35. The number of aromatic nitrogens is 2. The molecule has 1 aromatic heterocycles. The highest BCUT2D eigenvalue weighted by Gasteiger charge is 2.36. The van der Waals surface area contributed by atoms with E-state index in [4.69, 9.17) is 0 Å². The third-order valence-electron chi connectivity index (χ3n) is 4.50. The van der Waals surface area contributed by atoms with E-state index in [0.29, 0.717) is 37.3 Å². The maximum Gasteiger partial charge on any atom is 0.246 e. The fourth-order valence-electron chi connectivity index (χ4n) is 3.22. The van der Waals surface area contributed by atoms with Crippen LogP contribution in [0.2, 0.25) is 0 Å². The van der Waals surface area contributed by atoms with Gasteiger partial charge in [-0.15, -0.1) is 0 Å². The van der Waals surface area contributed by atoms with Gasteiger partial charge in [-0.1, -0.05) is 0 Å². The van der Waals surface area contributed by atoms with E-state index in [0.717, 1.165) is 0 Å². The summed E-state index contributed by atoms with van der Waals surface area (Å²) in [6.07, 6.45) is 0.868. The maximum atomic E-state index is 12.8. The molecule has 2 aliphatic rings. The number of sulfonamides is 1. The van der Waals surface area contributed by atoms with Crippen molar-refractivity contribution in [3.63, 3.8) is 0 Å². The van der Waals surface area contributed by atoms with Gasteiger partial charge in [-0.25, -0.2) is 8.42 Å². The molecule has 0 aliphatic carbocycles. The van der Waals surface area contributed by atoms with E-state index in [1.807, 2.05) is 0 Å². The van der Waals surface area contributed by atoms with Crippen LogP contribution in [0.1, 0.15) is 24.2 Å². The predicted molar refractivity (Wildman–Crippen MR) is 84.6 cm³/mol. The number of H-pyrrole nitrogens is 1. The Bertz CT molecular complexity index is 745. The SMILES string of the molecule is Cc1n[nH]c(C)c1S(=O)(=O)N1CCN(C(=O)C2CCC(=O)N2)CC1. The number of aryl methyl sites for hydroxylation is 2. The maximum absolute atomic E-state index is 12.8. The molecule has 0 spiro atoms. The summed E-state index contributed by atoms with van der Waals surface area (Å²) in [5.74, 6) is -0.242. The molecule has 1 aromatic rings. The van der Waals surface area contributed by atoms with E-state index in [-0.39, 0.29) is 29.8 Å². The first-order valence-electron chi connectivity index (χ1n) is 7.90. The average Bonchev–Trinajstić information content (AvgIpc) is 3.12. The fourth-order valence-corrected chi connectivity index (χ4v) is 4.97. The molecule has 2 N–H and O–H groups in total. The first-order valence-corrected chi connectivity index (χ1v) is 9.34. The van der Waals surface area contributed by atoms with Gasteiger partial charge in [0.25, 0.3) is 0 Å². The van der Waals surface area contributed by atoms with Gasteiger partial charge in [0.1, 0.15) is 10.9 Å². The summed E-state index contributed by atoms with van der Waals surface area (Å²) in [5, 5.41) is 9.29. The topological polar surface area (TPSA) is 115 Å². The van der Waals surface area contributed by atoms with Crippen LogP contribution in [0.3, 0.4) is 0 Å². The second kappa shape index (κ2) is 6.17. The Morgan fingerprint density at radius 1 is 1.21 bits per heavy atom. The summed E-state index contributed by atoms with van der Waals surface area (Å²) in [4.78, 5) is 25.4. The van der Waals surface area contributed by atoms with Gasteiger partial charge >= 0.3 is 0 Å². The average molecular weight is 355 g/mol. The lowest BCUT2D eigenvalue weighted by atomic mass is 10.2. The summed E-state index contributed by atoms with van der Waals surface area (Å²) in [5.41, 5.74) is 0.958. The van der Waals surface area contributed by atoms with Crippen molar-refractivity contribution in [1.82, 2.24) is 24.7 Å². The number of nitrogens with zero attached hydrogens (tertiary/aromatic N) is 3. The van der Waals surface area contributed by atoms with Crippen molar-refractivity contribution >= 4 is 21.8 Å². The van der Waals surface area contributed by atoms with Crippen LogP contribution < -0.4 is 5.32 Å². The summed E-state index contributed by atoms with van der Waals surface area (Å²) >= 11 is 0. The zero-order valence-corrected chi connectivity index (χ0v) is 14.5. The van der Waals surface area contributed by atoms with E-state index in [1.54, 1.807) is 18.7 Å². The van der Waals surface area contributed by atoms with E-state index in [9.17, 15) is 18.0 Å². The van der Waals surface area contributed by atoms with Gasteiger partial charge in [-0.3, -0.25) is 14.7 Å². The molecule has 0 aromatic carbocycles. The Morgan fingerprint density at radius 3 is 2.38 bits per heavy atom. The lowest BCUT2D eigenvalue weighted by Gasteiger charge is -2.35. The van der Waals surface area contributed by atoms with Gasteiger partial charge in [-0.2, -0.15) is 9.40 Å². The standard InChI is InChI=1S/C14H21N5O4S/c1-9-13(10(2)17-16-9)24(22,23)19-7-5-18(6-8-19)14(21)11-3-4-12(20)15-11/h11H,3-8H2,1-2H3,(H,15,20)(H,16,17). The van der Waals surface area contributed by atoms with E-state index in [2.05, 4.69) is 15.5 Å². The highest BCUT2D eigenvalue weighted by atomic mass is 32.2. The lowest BCUT2D eigenvalue weighted by molar-refractivity contribution is -0.135. The van der Waals surface area contributed by atoms with Crippen molar-refractivity contribution in [2.24, 2.45) is 0 Å². The molecule has 3 heterocycles. The molecule has 24 heavy (non-hydrogen) atoms. The number of nitrogens with one attached hydrogen (secondary N) is 2. The first kappa shape index (κ1) is 16.9. The van der Waals surface area contributed by atoms with Gasteiger partial charge < -0.3 is 10.2 Å². The normalized spacial score (nSPS) is 22.7. The van der Waals surface area contributed by atoms with Crippen molar-refractivity contribution < 1.29 is 18.0 Å². The molecule has 2 amide bonds. The van der Waals surface area contributed by atoms with Crippen LogP contribution in [0.4, 0.5) is 0 Å². The zero-order chi connectivity index (χ0) is 17.5. The van der Waals surface area contributed by atoms with Crippen molar-refractivity contribution in [2.45, 2.75) is 37.6 Å². The third-order valence-corrected chi connectivity index (χ3v) is 6.66. The number of piperazine rings is 1. The minimum Gasteiger partial charge on any atom is -0.344 e. The van der Waals surface area contributed by atoms with Crippen LogP contribution in [-0.2, 0) is 19.6 Å². The first-order chi connectivity index (χ1) is 11.3. The summed E-state index contributed by atoms with van der Waals surface area (Å²) in [7, 11) is -3.63. The largest absolute Gasteiger partial charge is 0.344 e. The van der Waals surface area contributed by atoms with E-state index < -0.39 is 16.1 Å². The molecule has 0 bridgehead atoms. The zero-order valence-electron chi connectivity index (χ0n) is 13.7. The molecule has 0 radical (unpaired) electrons. The highest BCUT2D eigenvalue weighted by molar-refractivity contribution is 7.89. The van der Waals surface area contributed by atoms with Crippen molar-refractivity contribution in [2.75, 3.05) is 26.2 Å². The Morgan fingerprint density at radius 2 is 1.88 bits per heavy atom. The third kappa shape index (κ3) is 2.91. The number of aromatic amines is 1. The minimum atomic E-state index is -3.63. The van der Waals surface area contributed by atoms with Gasteiger partial charge in [0, 0.05) is 32.6 Å². The molecule has 2 saturated heterocycles. The molecule has 10 heteroatoms. The number of carbonyl (C=O) groups excluding carboxylic acids is 2. The van der Waals surface area contributed by atoms with Crippen LogP contribution in [0.25, 0.3) is 0 Å². The molecule has 1 atom stereocenters. The number of amides is 2. The monoisotopic (exact) mass is 355 g/mol. The number of rotatable bonds is 3. The smallest absolute Gasteiger partial charge is 0.246 e. The quantitative estimate of drug-likeness (QED) is 0.732. The van der Waals surface area contributed by atoms with Crippen LogP contribution in [0.5, 0.6) is 0 Å². The number of hydrogen-bond donors (Lipinski definition) is 2. The van der Waals surface area contributed by atoms with E-state index in [1.165, 1.54) is 4.31 Å². The molecule has 0 saturated carbocycles. The number of carbonyl (C=O) groups is 2. The second-order valence-electron chi connectivity index (χ2n) is 6.15. The summed E-state index contributed by atoms with van der Waals surface area (Å²) in [6, 6.07) is -0.473. The van der Waals surface area contributed by atoms with Crippen LogP contribution in [0.15, 0.2) is 4.90 Å². The fraction of sp³-hybridized carbons (Fsp3) is 0.643. The van der Waals surface area contributed by atoms with Crippen LogP contribution in [0, 0.1) is 13.8 Å². The highest BCUT2D eigenvalue weighted by Crippen LogP contribution is 2.23. The molecule has 3 rings (SSSR count). The van der Waals surface area contributed by atoms with Gasteiger partial charge in [0.15, 0.2) is 0 Å². The number of hydrogen-bond acceptors (Lipinski definition) is 5. The molecule has 2 fully saturated rings. The summed E-state index contributed by atoms with van der Waals surface area (Å²) < 4.78 is 26.9.